The molecular weight excluding hydrogens is 278 g/mol. The standard InChI is InChI=1S/C17H17N3O2/c1-11-18-15-10-13(7-8-16(15)22-11)19-17(21)12-5-4-6-14(9-12)20(2)3/h4-10H,1-3H3,(H,19,21). The lowest BCUT2D eigenvalue weighted by Crippen LogP contribution is -2.14. The van der Waals surface area contributed by atoms with E-state index in [0.717, 1.165) is 11.2 Å². The molecule has 0 saturated heterocycles. The Kier molecular flexibility index (Phi) is 3.55. The lowest BCUT2D eigenvalue weighted by atomic mass is 10.1. The molecule has 112 valence electrons. The zero-order valence-corrected chi connectivity index (χ0v) is 12.8. The summed E-state index contributed by atoms with van der Waals surface area (Å²) in [6.07, 6.45) is 0. The summed E-state index contributed by atoms with van der Waals surface area (Å²) in [6, 6.07) is 12.9. The Morgan fingerprint density at radius 2 is 2.00 bits per heavy atom. The summed E-state index contributed by atoms with van der Waals surface area (Å²) in [5.74, 6) is 0.459. The van der Waals surface area contributed by atoms with Crippen molar-refractivity contribution in [2.24, 2.45) is 0 Å². The van der Waals surface area contributed by atoms with E-state index in [1.54, 1.807) is 31.2 Å². The number of fused-ring (bicyclic) bond motifs is 1. The summed E-state index contributed by atoms with van der Waals surface area (Å²) in [5, 5.41) is 2.89. The normalized spacial score (nSPS) is 10.7. The number of anilines is 2. The van der Waals surface area contributed by atoms with Gasteiger partial charge >= 0.3 is 0 Å². The number of nitrogens with zero attached hydrogens (tertiary/aromatic N) is 2. The summed E-state index contributed by atoms with van der Waals surface area (Å²) in [4.78, 5) is 18.6. The molecule has 0 unspecified atom stereocenters. The van der Waals surface area contributed by atoms with Gasteiger partial charge in [-0.3, -0.25) is 4.79 Å². The Balaban J connectivity index is 1.84. The van der Waals surface area contributed by atoms with Gasteiger partial charge in [-0.25, -0.2) is 4.98 Å². The Hall–Kier alpha value is -2.82. The van der Waals surface area contributed by atoms with Gasteiger partial charge in [0.15, 0.2) is 11.5 Å². The molecule has 1 amide bonds. The number of amides is 1. The highest BCUT2D eigenvalue weighted by atomic mass is 16.3. The lowest BCUT2D eigenvalue weighted by molar-refractivity contribution is 0.102. The molecule has 0 atom stereocenters. The quantitative estimate of drug-likeness (QED) is 0.804. The zero-order chi connectivity index (χ0) is 15.7. The summed E-state index contributed by atoms with van der Waals surface area (Å²) in [7, 11) is 3.88. The third-order valence-corrected chi connectivity index (χ3v) is 3.38. The average Bonchev–Trinajstić information content (AvgIpc) is 2.86. The van der Waals surface area contributed by atoms with Gasteiger partial charge in [0.1, 0.15) is 5.52 Å². The average molecular weight is 295 g/mol. The van der Waals surface area contributed by atoms with Crippen molar-refractivity contribution in [2.45, 2.75) is 6.92 Å². The van der Waals surface area contributed by atoms with Crippen LogP contribution in [0.15, 0.2) is 46.9 Å². The topological polar surface area (TPSA) is 58.4 Å². The maximum atomic E-state index is 12.4. The van der Waals surface area contributed by atoms with E-state index in [-0.39, 0.29) is 5.91 Å². The van der Waals surface area contributed by atoms with Crippen LogP contribution in [0.2, 0.25) is 0 Å². The van der Waals surface area contributed by atoms with Crippen LogP contribution >= 0.6 is 0 Å². The van der Waals surface area contributed by atoms with Crippen molar-refractivity contribution in [3.63, 3.8) is 0 Å². The van der Waals surface area contributed by atoms with E-state index in [1.165, 1.54) is 0 Å². The van der Waals surface area contributed by atoms with Crippen molar-refractivity contribution in [3.8, 4) is 0 Å². The number of rotatable bonds is 3. The van der Waals surface area contributed by atoms with Crippen molar-refractivity contribution in [3.05, 3.63) is 53.9 Å². The van der Waals surface area contributed by atoms with Gasteiger partial charge in [0.05, 0.1) is 0 Å². The van der Waals surface area contributed by atoms with Crippen molar-refractivity contribution in [1.29, 1.82) is 0 Å². The monoisotopic (exact) mass is 295 g/mol. The molecule has 0 bridgehead atoms. The van der Waals surface area contributed by atoms with Gasteiger partial charge in [-0.05, 0) is 36.4 Å². The van der Waals surface area contributed by atoms with Crippen LogP contribution in [0.25, 0.3) is 11.1 Å². The number of carbonyl (C=O) groups excluding carboxylic acids is 1. The van der Waals surface area contributed by atoms with Gasteiger partial charge in [0.2, 0.25) is 0 Å². The Morgan fingerprint density at radius 1 is 1.18 bits per heavy atom. The van der Waals surface area contributed by atoms with E-state index in [9.17, 15) is 4.79 Å². The Labute approximate surface area is 128 Å². The van der Waals surface area contributed by atoms with Crippen LogP contribution in [0.3, 0.4) is 0 Å². The number of hydrogen-bond donors (Lipinski definition) is 1. The van der Waals surface area contributed by atoms with Gasteiger partial charge in [-0.2, -0.15) is 0 Å². The fourth-order valence-electron chi connectivity index (χ4n) is 2.25. The molecule has 1 heterocycles. The van der Waals surface area contributed by atoms with Gasteiger partial charge < -0.3 is 14.6 Å². The first kappa shape index (κ1) is 14.1. The van der Waals surface area contributed by atoms with Gasteiger partial charge in [0.25, 0.3) is 5.91 Å². The number of aryl methyl sites for hydroxylation is 1. The number of hydrogen-bond acceptors (Lipinski definition) is 4. The Morgan fingerprint density at radius 3 is 2.77 bits per heavy atom. The number of aromatic nitrogens is 1. The zero-order valence-electron chi connectivity index (χ0n) is 12.8. The number of benzene rings is 2. The minimum Gasteiger partial charge on any atom is -0.441 e. The third kappa shape index (κ3) is 2.79. The van der Waals surface area contributed by atoms with E-state index in [2.05, 4.69) is 10.3 Å². The SMILES string of the molecule is Cc1nc2cc(NC(=O)c3cccc(N(C)C)c3)ccc2o1. The molecule has 3 aromatic rings. The first-order valence-electron chi connectivity index (χ1n) is 6.99. The lowest BCUT2D eigenvalue weighted by Gasteiger charge is -2.13. The first-order valence-corrected chi connectivity index (χ1v) is 6.99. The summed E-state index contributed by atoms with van der Waals surface area (Å²) in [5.41, 5.74) is 3.74. The fraction of sp³-hybridized carbons (Fsp3) is 0.176. The summed E-state index contributed by atoms with van der Waals surface area (Å²) in [6.45, 7) is 1.80. The second-order valence-electron chi connectivity index (χ2n) is 5.31. The number of oxazole rings is 1. The largest absolute Gasteiger partial charge is 0.441 e. The molecule has 1 N–H and O–H groups in total. The smallest absolute Gasteiger partial charge is 0.255 e. The van der Waals surface area contributed by atoms with Gasteiger partial charge in [-0.15, -0.1) is 0 Å². The second kappa shape index (κ2) is 5.52. The summed E-state index contributed by atoms with van der Waals surface area (Å²) < 4.78 is 5.43. The first-order chi connectivity index (χ1) is 10.5. The van der Waals surface area contributed by atoms with Crippen LogP contribution < -0.4 is 10.2 Å². The van der Waals surface area contributed by atoms with E-state index in [1.807, 2.05) is 37.2 Å². The van der Waals surface area contributed by atoms with Gasteiger partial charge in [0, 0.05) is 38.0 Å². The fourth-order valence-corrected chi connectivity index (χ4v) is 2.25. The highest BCUT2D eigenvalue weighted by molar-refractivity contribution is 6.05. The molecule has 2 aromatic carbocycles. The van der Waals surface area contributed by atoms with E-state index in [4.69, 9.17) is 4.42 Å². The molecule has 0 aliphatic heterocycles. The van der Waals surface area contributed by atoms with Crippen LogP contribution in [0.5, 0.6) is 0 Å². The highest BCUT2D eigenvalue weighted by Crippen LogP contribution is 2.21. The summed E-state index contributed by atoms with van der Waals surface area (Å²) >= 11 is 0. The van der Waals surface area contributed by atoms with Crippen LogP contribution in [0.1, 0.15) is 16.2 Å². The molecule has 3 rings (SSSR count). The van der Waals surface area contributed by atoms with Crippen LogP contribution in [0, 0.1) is 6.92 Å². The molecule has 0 aliphatic rings. The molecule has 0 radical (unpaired) electrons. The van der Waals surface area contributed by atoms with Crippen molar-refractivity contribution in [1.82, 2.24) is 4.98 Å². The molecule has 22 heavy (non-hydrogen) atoms. The van der Waals surface area contributed by atoms with Crippen LogP contribution in [0.4, 0.5) is 11.4 Å². The maximum Gasteiger partial charge on any atom is 0.255 e. The van der Waals surface area contributed by atoms with Gasteiger partial charge in [-0.1, -0.05) is 6.07 Å². The molecule has 0 spiro atoms. The molecule has 0 saturated carbocycles. The van der Waals surface area contributed by atoms with Crippen molar-refractivity contribution in [2.75, 3.05) is 24.3 Å². The molecule has 0 aliphatic carbocycles. The molecule has 5 heteroatoms. The number of carbonyl (C=O) groups is 1. The van der Waals surface area contributed by atoms with E-state index >= 15 is 0 Å². The minimum atomic E-state index is -0.150. The van der Waals surface area contributed by atoms with E-state index in [0.29, 0.717) is 22.7 Å². The highest BCUT2D eigenvalue weighted by Gasteiger charge is 2.09. The molecule has 5 nitrogen and oxygen atoms in total. The van der Waals surface area contributed by atoms with Crippen molar-refractivity contribution >= 4 is 28.4 Å². The predicted molar refractivity (Wildman–Crippen MR) is 87.5 cm³/mol. The molecular formula is C17H17N3O2. The third-order valence-electron chi connectivity index (χ3n) is 3.38. The minimum absolute atomic E-state index is 0.150. The van der Waals surface area contributed by atoms with Crippen LogP contribution in [-0.2, 0) is 0 Å². The second-order valence-corrected chi connectivity index (χ2v) is 5.31. The predicted octanol–water partition coefficient (Wildman–Crippen LogP) is 3.45. The Bertz CT molecular complexity index is 837. The van der Waals surface area contributed by atoms with Crippen molar-refractivity contribution < 1.29 is 9.21 Å². The van der Waals surface area contributed by atoms with Crippen LogP contribution in [-0.4, -0.2) is 25.0 Å². The maximum absolute atomic E-state index is 12.4. The molecule has 0 fully saturated rings. The number of nitrogens with one attached hydrogen (secondary N) is 1. The molecule has 1 aromatic heterocycles. The van der Waals surface area contributed by atoms with E-state index < -0.39 is 0 Å².